The Hall–Kier alpha value is -0.990. The molecule has 0 aliphatic carbocycles. The van der Waals surface area contributed by atoms with Gasteiger partial charge in [-0.25, -0.2) is 15.0 Å². The molecule has 0 spiro atoms. The summed E-state index contributed by atoms with van der Waals surface area (Å²) in [6.07, 6.45) is 3.84. The zero-order chi connectivity index (χ0) is 9.68. The van der Waals surface area contributed by atoms with Gasteiger partial charge >= 0.3 is 0 Å². The van der Waals surface area contributed by atoms with E-state index in [1.54, 1.807) is 0 Å². The van der Waals surface area contributed by atoms with E-state index >= 15 is 0 Å². The molecular formula is C11H21N3. The minimum atomic E-state index is 0. The monoisotopic (exact) mass is 195 g/mol. The van der Waals surface area contributed by atoms with Crippen molar-refractivity contribution in [2.45, 2.75) is 53.9 Å². The van der Waals surface area contributed by atoms with Crippen LogP contribution >= 0.6 is 0 Å². The van der Waals surface area contributed by atoms with Crippen molar-refractivity contribution in [2.75, 3.05) is 0 Å². The van der Waals surface area contributed by atoms with Gasteiger partial charge in [0.15, 0.2) is 0 Å². The summed E-state index contributed by atoms with van der Waals surface area (Å²) in [4.78, 5) is 13.1. The smallest absolute Gasteiger partial charge is 0.132 e. The van der Waals surface area contributed by atoms with Crippen molar-refractivity contribution < 1.29 is 0 Å². The number of aryl methyl sites for hydroxylation is 3. The van der Waals surface area contributed by atoms with Gasteiger partial charge in [-0.3, -0.25) is 0 Å². The zero-order valence-corrected chi connectivity index (χ0v) is 8.67. The minimum absolute atomic E-state index is 0. The number of hydrogen-bond donors (Lipinski definition) is 0. The maximum Gasteiger partial charge on any atom is 0.132 e. The molecule has 0 amide bonds. The van der Waals surface area contributed by atoms with Gasteiger partial charge in [-0.1, -0.05) is 28.2 Å². The van der Waals surface area contributed by atoms with E-state index < -0.39 is 0 Å². The van der Waals surface area contributed by atoms with Crippen molar-refractivity contribution in [2.24, 2.45) is 0 Å². The van der Waals surface area contributed by atoms with E-state index in [-0.39, 0.29) is 7.43 Å². The van der Waals surface area contributed by atoms with Crippen LogP contribution in [0.3, 0.4) is 0 Å². The van der Waals surface area contributed by atoms with Crippen LogP contribution in [-0.2, 0) is 19.3 Å². The van der Waals surface area contributed by atoms with Crippen LogP contribution in [0.15, 0.2) is 0 Å². The number of aromatic nitrogens is 3. The Morgan fingerprint density at radius 2 is 1.21 bits per heavy atom. The lowest BCUT2D eigenvalue weighted by Crippen LogP contribution is -2.06. The Morgan fingerprint density at radius 1 is 0.786 bits per heavy atom. The Balaban J connectivity index is 0.00000169. The van der Waals surface area contributed by atoms with E-state index in [1.807, 2.05) is 0 Å². The van der Waals surface area contributed by atoms with Crippen LogP contribution in [0.25, 0.3) is 0 Å². The van der Waals surface area contributed by atoms with Crippen LogP contribution in [0.5, 0.6) is 0 Å². The topological polar surface area (TPSA) is 38.7 Å². The molecule has 0 aromatic carbocycles. The molecule has 14 heavy (non-hydrogen) atoms. The second-order valence-corrected chi connectivity index (χ2v) is 3.04. The van der Waals surface area contributed by atoms with Crippen LogP contribution in [0, 0.1) is 0 Å². The molecule has 0 bridgehead atoms. The predicted octanol–water partition coefficient (Wildman–Crippen LogP) is 2.59. The average Bonchev–Trinajstić information content (AvgIpc) is 2.17. The van der Waals surface area contributed by atoms with Crippen LogP contribution in [0.4, 0.5) is 0 Å². The Labute approximate surface area is 87.0 Å². The Morgan fingerprint density at radius 3 is 1.57 bits per heavy atom. The molecule has 80 valence electrons. The molecule has 0 N–H and O–H groups in total. The van der Waals surface area contributed by atoms with E-state index in [2.05, 4.69) is 35.7 Å². The van der Waals surface area contributed by atoms with Crippen molar-refractivity contribution in [1.82, 2.24) is 15.0 Å². The van der Waals surface area contributed by atoms with Crippen LogP contribution < -0.4 is 0 Å². The highest BCUT2D eigenvalue weighted by atomic mass is 15.0. The molecule has 0 atom stereocenters. The molecule has 1 aromatic rings. The summed E-state index contributed by atoms with van der Waals surface area (Å²) in [5.74, 6) is 2.80. The average molecular weight is 195 g/mol. The molecule has 3 heteroatoms. The minimum Gasteiger partial charge on any atom is -0.218 e. The molecule has 0 fully saturated rings. The first-order chi connectivity index (χ1) is 6.30. The lowest BCUT2D eigenvalue weighted by Gasteiger charge is -2.03. The normalized spacial score (nSPS) is 9.64. The molecule has 0 saturated carbocycles. The molecule has 0 aliphatic heterocycles. The number of hydrogen-bond acceptors (Lipinski definition) is 3. The van der Waals surface area contributed by atoms with Crippen LogP contribution in [-0.4, -0.2) is 15.0 Å². The Bertz CT molecular complexity index is 249. The highest BCUT2D eigenvalue weighted by molar-refractivity contribution is 4.97. The third-order valence-corrected chi connectivity index (χ3v) is 1.88. The van der Waals surface area contributed by atoms with E-state index in [9.17, 15) is 0 Å². The SMILES string of the molecule is C.CCCc1nc(CC)nc(CC)n1. The van der Waals surface area contributed by atoms with Crippen molar-refractivity contribution in [3.63, 3.8) is 0 Å². The number of rotatable bonds is 4. The van der Waals surface area contributed by atoms with Gasteiger partial charge in [0, 0.05) is 19.3 Å². The van der Waals surface area contributed by atoms with E-state index in [0.717, 1.165) is 43.2 Å². The second-order valence-electron chi connectivity index (χ2n) is 3.04. The lowest BCUT2D eigenvalue weighted by atomic mass is 10.3. The molecule has 0 saturated heterocycles. The predicted molar refractivity (Wildman–Crippen MR) is 59.3 cm³/mol. The molecule has 1 heterocycles. The standard InChI is InChI=1S/C10H17N3.CH4/c1-4-7-10-12-8(5-2)11-9(6-3)13-10;/h4-7H2,1-3H3;1H4. The molecule has 0 aliphatic rings. The highest BCUT2D eigenvalue weighted by Crippen LogP contribution is 2.00. The fourth-order valence-electron chi connectivity index (χ4n) is 1.17. The molecule has 3 nitrogen and oxygen atoms in total. The van der Waals surface area contributed by atoms with Gasteiger partial charge in [-0.05, 0) is 6.42 Å². The fraction of sp³-hybridized carbons (Fsp3) is 0.727. The summed E-state index contributed by atoms with van der Waals surface area (Å²) in [5, 5.41) is 0. The fourth-order valence-corrected chi connectivity index (χ4v) is 1.17. The van der Waals surface area contributed by atoms with Crippen molar-refractivity contribution in [3.8, 4) is 0 Å². The molecule has 0 radical (unpaired) electrons. The van der Waals surface area contributed by atoms with Crippen LogP contribution in [0.1, 0.15) is 52.1 Å². The summed E-state index contributed by atoms with van der Waals surface area (Å²) in [6, 6.07) is 0. The summed E-state index contributed by atoms with van der Waals surface area (Å²) in [5.41, 5.74) is 0. The first kappa shape index (κ1) is 13.0. The number of nitrogens with zero attached hydrogens (tertiary/aromatic N) is 3. The van der Waals surface area contributed by atoms with E-state index in [1.165, 1.54) is 0 Å². The third-order valence-electron chi connectivity index (χ3n) is 1.88. The van der Waals surface area contributed by atoms with Crippen molar-refractivity contribution >= 4 is 0 Å². The maximum atomic E-state index is 4.37. The van der Waals surface area contributed by atoms with Crippen molar-refractivity contribution in [1.29, 1.82) is 0 Å². The zero-order valence-electron chi connectivity index (χ0n) is 8.67. The first-order valence-electron chi connectivity index (χ1n) is 5.02. The van der Waals surface area contributed by atoms with Gasteiger partial charge in [0.05, 0.1) is 0 Å². The van der Waals surface area contributed by atoms with Gasteiger partial charge < -0.3 is 0 Å². The van der Waals surface area contributed by atoms with E-state index in [4.69, 9.17) is 0 Å². The molecular weight excluding hydrogens is 174 g/mol. The summed E-state index contributed by atoms with van der Waals surface area (Å²) in [6.45, 7) is 6.29. The van der Waals surface area contributed by atoms with Gasteiger partial charge in [0.25, 0.3) is 0 Å². The summed E-state index contributed by atoms with van der Waals surface area (Å²) >= 11 is 0. The molecule has 0 unspecified atom stereocenters. The van der Waals surface area contributed by atoms with Gasteiger partial charge in [0.2, 0.25) is 0 Å². The summed E-state index contributed by atoms with van der Waals surface area (Å²) in [7, 11) is 0. The van der Waals surface area contributed by atoms with Gasteiger partial charge in [-0.15, -0.1) is 0 Å². The van der Waals surface area contributed by atoms with Crippen LogP contribution in [0.2, 0.25) is 0 Å². The maximum absolute atomic E-state index is 4.37. The third kappa shape index (κ3) is 3.40. The quantitative estimate of drug-likeness (QED) is 0.741. The van der Waals surface area contributed by atoms with E-state index in [0.29, 0.717) is 0 Å². The van der Waals surface area contributed by atoms with Gasteiger partial charge in [-0.2, -0.15) is 0 Å². The highest BCUT2D eigenvalue weighted by Gasteiger charge is 2.02. The first-order valence-corrected chi connectivity index (χ1v) is 5.02. The van der Waals surface area contributed by atoms with Gasteiger partial charge in [0.1, 0.15) is 17.5 Å². The lowest BCUT2D eigenvalue weighted by molar-refractivity contribution is 0.743. The molecule has 1 aromatic heterocycles. The largest absolute Gasteiger partial charge is 0.218 e. The molecule has 1 rings (SSSR count). The van der Waals surface area contributed by atoms with Crippen molar-refractivity contribution in [3.05, 3.63) is 17.5 Å². The Kier molecular flexibility index (Phi) is 6.00. The second kappa shape index (κ2) is 6.46. The summed E-state index contributed by atoms with van der Waals surface area (Å²) < 4.78 is 0.